The van der Waals surface area contributed by atoms with E-state index in [0.29, 0.717) is 0 Å². The summed E-state index contributed by atoms with van der Waals surface area (Å²) >= 11 is 5.70. The molecular weight excluding hydrogens is 460 g/mol. The Hall–Kier alpha value is -2.28. The topological polar surface area (TPSA) is 61.4 Å². The van der Waals surface area contributed by atoms with Gasteiger partial charge in [-0.05, 0) is 35.9 Å². The number of hydrogen-bond donors (Lipinski definition) is 2. The quantitative estimate of drug-likeness (QED) is 0.654. The number of alkyl halides is 6. The van der Waals surface area contributed by atoms with Crippen LogP contribution in [-0.2, 0) is 10.0 Å². The molecule has 0 saturated carbocycles. The highest BCUT2D eigenvalue weighted by Gasteiger charge is 2.76. The lowest BCUT2D eigenvalue weighted by Gasteiger charge is -2.38. The maximum atomic E-state index is 13.8. The summed E-state index contributed by atoms with van der Waals surface area (Å²) in [6, 6.07) is 10.9. The van der Waals surface area contributed by atoms with Crippen molar-refractivity contribution >= 4 is 27.3 Å². The molecule has 5 nitrogen and oxygen atoms in total. The Balaban J connectivity index is 2.12. The van der Waals surface area contributed by atoms with Crippen LogP contribution in [0.25, 0.3) is 5.70 Å². The van der Waals surface area contributed by atoms with Gasteiger partial charge in [0.05, 0.1) is 10.6 Å². The third-order valence-electron chi connectivity index (χ3n) is 4.22. The van der Waals surface area contributed by atoms with E-state index in [4.69, 9.17) is 11.6 Å². The van der Waals surface area contributed by atoms with Crippen molar-refractivity contribution < 1.29 is 34.8 Å². The van der Waals surface area contributed by atoms with Crippen LogP contribution >= 0.6 is 11.6 Å². The van der Waals surface area contributed by atoms with Crippen LogP contribution in [0.3, 0.4) is 0 Å². The van der Waals surface area contributed by atoms with Crippen molar-refractivity contribution in [3.63, 3.8) is 0 Å². The molecule has 0 saturated heterocycles. The lowest BCUT2D eigenvalue weighted by atomic mass is 9.97. The summed E-state index contributed by atoms with van der Waals surface area (Å²) in [5.74, 6) is 0. The fourth-order valence-electron chi connectivity index (χ4n) is 2.74. The molecule has 0 radical (unpaired) electrons. The van der Waals surface area contributed by atoms with Crippen molar-refractivity contribution in [2.24, 2.45) is 0 Å². The molecule has 0 fully saturated rings. The molecule has 13 heteroatoms. The third-order valence-corrected chi connectivity index (χ3v) is 5.79. The van der Waals surface area contributed by atoms with Crippen molar-refractivity contribution in [2.75, 3.05) is 0 Å². The molecule has 0 amide bonds. The molecule has 2 aromatic carbocycles. The minimum Gasteiger partial charge on any atom is -0.303 e. The molecule has 0 unspecified atom stereocenters. The van der Waals surface area contributed by atoms with Crippen molar-refractivity contribution in [3.8, 4) is 0 Å². The standard InChI is InChI=1S/C17H12ClF6N3O2S/c18-12-8-6-11(7-9-12)14-10-15(16(19,20)21,17(22,23)24)27(25-14)26-30(28,29)13-4-2-1-3-5-13/h1-10,25-26H. The Morgan fingerprint density at radius 3 is 1.93 bits per heavy atom. The number of rotatable bonds is 4. The molecule has 1 aliphatic rings. The number of nitrogens with one attached hydrogen (secondary N) is 2. The summed E-state index contributed by atoms with van der Waals surface area (Å²) in [5, 5.41) is -0.392. The molecule has 0 atom stereocenters. The number of benzene rings is 2. The van der Waals surface area contributed by atoms with Crippen molar-refractivity contribution in [1.29, 1.82) is 0 Å². The summed E-state index contributed by atoms with van der Waals surface area (Å²) in [7, 11) is -4.79. The highest BCUT2D eigenvalue weighted by atomic mass is 35.5. The van der Waals surface area contributed by atoms with Gasteiger partial charge in [0, 0.05) is 5.02 Å². The monoisotopic (exact) mass is 471 g/mol. The minimum absolute atomic E-state index is 0.0707. The van der Waals surface area contributed by atoms with E-state index in [9.17, 15) is 34.8 Å². The van der Waals surface area contributed by atoms with Gasteiger partial charge in [-0.25, -0.2) is 8.42 Å². The average molecular weight is 472 g/mol. The number of nitrogens with zero attached hydrogens (tertiary/aromatic N) is 1. The molecule has 162 valence electrons. The predicted octanol–water partition coefficient (Wildman–Crippen LogP) is 4.26. The van der Waals surface area contributed by atoms with Crippen LogP contribution in [0.5, 0.6) is 0 Å². The zero-order valence-corrected chi connectivity index (χ0v) is 16.2. The molecule has 1 aliphatic heterocycles. The Morgan fingerprint density at radius 1 is 0.900 bits per heavy atom. The van der Waals surface area contributed by atoms with Crippen LogP contribution < -0.4 is 10.3 Å². The molecule has 2 N–H and O–H groups in total. The van der Waals surface area contributed by atoms with Gasteiger partial charge >= 0.3 is 12.4 Å². The summed E-state index contributed by atoms with van der Waals surface area (Å²) in [5.41, 5.74) is -3.48. The van der Waals surface area contributed by atoms with E-state index in [2.05, 4.69) is 0 Å². The largest absolute Gasteiger partial charge is 0.422 e. The Kier molecular flexibility index (Phi) is 5.56. The molecule has 2 aromatic rings. The molecular formula is C17H12ClF6N3O2S. The van der Waals surface area contributed by atoms with Gasteiger partial charge < -0.3 is 5.43 Å². The molecule has 1 heterocycles. The number of hydrazine groups is 2. The number of hydrogen-bond acceptors (Lipinski definition) is 4. The van der Waals surface area contributed by atoms with Crippen molar-refractivity contribution in [1.82, 2.24) is 15.4 Å². The van der Waals surface area contributed by atoms with E-state index in [0.717, 1.165) is 12.1 Å². The lowest BCUT2D eigenvalue weighted by Crippen LogP contribution is -2.70. The fourth-order valence-corrected chi connectivity index (χ4v) is 3.91. The Labute approximate surface area is 171 Å². The van der Waals surface area contributed by atoms with Crippen LogP contribution in [0, 0.1) is 0 Å². The van der Waals surface area contributed by atoms with Gasteiger partial charge in [-0.3, -0.25) is 0 Å². The first-order chi connectivity index (χ1) is 13.8. The van der Waals surface area contributed by atoms with Gasteiger partial charge in [-0.1, -0.05) is 41.9 Å². The highest BCUT2D eigenvalue weighted by molar-refractivity contribution is 7.89. The average Bonchev–Trinajstić information content (AvgIpc) is 3.03. The second-order valence-corrected chi connectivity index (χ2v) is 8.28. The number of sulfonamides is 1. The van der Waals surface area contributed by atoms with E-state index in [1.165, 1.54) is 47.3 Å². The van der Waals surface area contributed by atoms with E-state index in [-0.39, 0.29) is 16.7 Å². The first-order valence-electron chi connectivity index (χ1n) is 8.04. The Morgan fingerprint density at radius 2 is 1.43 bits per heavy atom. The van der Waals surface area contributed by atoms with Gasteiger partial charge in [0.25, 0.3) is 15.6 Å². The van der Waals surface area contributed by atoms with Crippen molar-refractivity contribution in [3.05, 3.63) is 71.3 Å². The molecule has 0 aliphatic carbocycles. The van der Waals surface area contributed by atoms with Crippen LogP contribution in [-0.4, -0.2) is 31.4 Å². The van der Waals surface area contributed by atoms with Gasteiger partial charge in [0.2, 0.25) is 0 Å². The third kappa shape index (κ3) is 3.87. The van der Waals surface area contributed by atoms with Crippen molar-refractivity contribution in [2.45, 2.75) is 22.8 Å². The van der Waals surface area contributed by atoms with E-state index in [1.807, 2.05) is 5.43 Å². The molecule has 3 rings (SSSR count). The summed E-state index contributed by atoms with van der Waals surface area (Å²) in [6.07, 6.45) is -12.0. The molecule has 30 heavy (non-hydrogen) atoms. The zero-order valence-electron chi connectivity index (χ0n) is 14.6. The highest BCUT2D eigenvalue weighted by Crippen LogP contribution is 2.50. The maximum Gasteiger partial charge on any atom is 0.422 e. The van der Waals surface area contributed by atoms with Crippen LogP contribution in [0.15, 0.2) is 65.6 Å². The SMILES string of the molecule is O=S(=O)(NN1NC(c2ccc(Cl)cc2)=CC1(C(F)(F)F)C(F)(F)F)c1ccccc1. The van der Waals surface area contributed by atoms with Crippen LogP contribution in [0.4, 0.5) is 26.3 Å². The maximum absolute atomic E-state index is 13.8. The summed E-state index contributed by atoms with van der Waals surface area (Å²) in [4.78, 5) is 0.840. The van der Waals surface area contributed by atoms with Gasteiger partial charge in [0.1, 0.15) is 0 Å². The molecule has 0 bridgehead atoms. The first kappa shape index (κ1) is 22.4. The molecule has 0 aromatic heterocycles. The Bertz CT molecular complexity index is 1040. The first-order valence-corrected chi connectivity index (χ1v) is 9.91. The minimum atomic E-state index is -5.94. The lowest BCUT2D eigenvalue weighted by molar-refractivity contribution is -0.327. The normalized spacial score (nSPS) is 17.5. The number of halogens is 7. The smallest absolute Gasteiger partial charge is 0.303 e. The second-order valence-electron chi connectivity index (χ2n) is 6.18. The fraction of sp³-hybridized carbons (Fsp3) is 0.176. The van der Waals surface area contributed by atoms with Crippen LogP contribution in [0.1, 0.15) is 5.56 Å². The van der Waals surface area contributed by atoms with Gasteiger partial charge in [-0.15, -0.1) is 9.95 Å². The van der Waals surface area contributed by atoms with Gasteiger partial charge in [-0.2, -0.15) is 26.3 Å². The predicted molar refractivity (Wildman–Crippen MR) is 96.0 cm³/mol. The summed E-state index contributed by atoms with van der Waals surface area (Å²) < 4.78 is 108. The second kappa shape index (κ2) is 7.45. The van der Waals surface area contributed by atoms with Gasteiger partial charge in [0.15, 0.2) is 0 Å². The van der Waals surface area contributed by atoms with E-state index in [1.54, 1.807) is 0 Å². The van der Waals surface area contributed by atoms with E-state index < -0.39 is 43.6 Å². The molecule has 0 spiro atoms. The zero-order chi connectivity index (χ0) is 22.4. The summed E-state index contributed by atoms with van der Waals surface area (Å²) in [6.45, 7) is 0. The van der Waals surface area contributed by atoms with Crippen LogP contribution in [0.2, 0.25) is 5.02 Å². The van der Waals surface area contributed by atoms with E-state index >= 15 is 0 Å².